The second-order valence-electron chi connectivity index (χ2n) is 6.17. The molecule has 28 heavy (non-hydrogen) atoms. The van der Waals surface area contributed by atoms with Crippen LogP contribution in [-0.4, -0.2) is 20.9 Å². The highest BCUT2D eigenvalue weighted by atomic mass is 19.1. The number of aromatic nitrogens is 3. The standard InChI is InChI=1S/C21H16FN5O/c22-14-4-1-13(2-5-14)3-10-20(28)25-16-7-9-18(24-12-16)21-26-17-8-6-15(23)11-19(17)27-21/h1-12H,23H2,(H,25,28)(H,26,27)/b10-3+. The van der Waals surface area contributed by atoms with Crippen LogP contribution in [0.2, 0.25) is 0 Å². The van der Waals surface area contributed by atoms with E-state index < -0.39 is 0 Å². The van der Waals surface area contributed by atoms with E-state index in [2.05, 4.69) is 20.3 Å². The zero-order chi connectivity index (χ0) is 19.5. The molecule has 138 valence electrons. The molecule has 6 nitrogen and oxygen atoms in total. The number of H-pyrrole nitrogens is 1. The van der Waals surface area contributed by atoms with E-state index in [1.54, 1.807) is 42.6 Å². The molecule has 0 aliphatic heterocycles. The van der Waals surface area contributed by atoms with Gasteiger partial charge in [0.1, 0.15) is 11.5 Å². The molecule has 0 saturated heterocycles. The summed E-state index contributed by atoms with van der Waals surface area (Å²) in [7, 11) is 0. The largest absolute Gasteiger partial charge is 0.399 e. The van der Waals surface area contributed by atoms with Gasteiger partial charge in [0.25, 0.3) is 0 Å². The Morgan fingerprint density at radius 3 is 2.68 bits per heavy atom. The van der Waals surface area contributed by atoms with Gasteiger partial charge in [-0.1, -0.05) is 12.1 Å². The minimum Gasteiger partial charge on any atom is -0.399 e. The molecule has 0 aliphatic carbocycles. The normalized spacial score (nSPS) is 11.2. The molecule has 4 rings (SSSR count). The highest BCUT2D eigenvalue weighted by Crippen LogP contribution is 2.21. The molecule has 1 amide bonds. The van der Waals surface area contributed by atoms with Crippen LogP contribution in [0.5, 0.6) is 0 Å². The number of hydrogen-bond donors (Lipinski definition) is 3. The molecule has 0 spiro atoms. The van der Waals surface area contributed by atoms with Gasteiger partial charge in [0.15, 0.2) is 5.82 Å². The van der Waals surface area contributed by atoms with Crippen molar-refractivity contribution < 1.29 is 9.18 Å². The van der Waals surface area contributed by atoms with Crippen molar-refractivity contribution in [3.8, 4) is 11.5 Å². The van der Waals surface area contributed by atoms with Gasteiger partial charge in [-0.2, -0.15) is 0 Å². The fraction of sp³-hybridized carbons (Fsp3) is 0. The van der Waals surface area contributed by atoms with Crippen LogP contribution in [0.25, 0.3) is 28.6 Å². The number of hydrogen-bond acceptors (Lipinski definition) is 4. The zero-order valence-electron chi connectivity index (χ0n) is 14.7. The molecular weight excluding hydrogens is 357 g/mol. The van der Waals surface area contributed by atoms with Crippen molar-refractivity contribution in [2.75, 3.05) is 11.1 Å². The van der Waals surface area contributed by atoms with Gasteiger partial charge in [-0.3, -0.25) is 9.78 Å². The molecule has 0 fully saturated rings. The maximum atomic E-state index is 12.9. The predicted molar refractivity (Wildman–Crippen MR) is 108 cm³/mol. The summed E-state index contributed by atoms with van der Waals surface area (Å²) in [5, 5.41) is 2.73. The number of imidazole rings is 1. The Morgan fingerprint density at radius 1 is 1.11 bits per heavy atom. The number of anilines is 2. The molecule has 7 heteroatoms. The number of rotatable bonds is 4. The van der Waals surface area contributed by atoms with Crippen molar-refractivity contribution in [2.45, 2.75) is 0 Å². The monoisotopic (exact) mass is 373 g/mol. The lowest BCUT2D eigenvalue weighted by Crippen LogP contribution is -2.08. The first-order valence-electron chi connectivity index (χ1n) is 8.53. The third-order valence-corrected chi connectivity index (χ3v) is 4.08. The van der Waals surface area contributed by atoms with E-state index in [1.807, 2.05) is 12.1 Å². The summed E-state index contributed by atoms with van der Waals surface area (Å²) in [5.41, 5.74) is 10.0. The molecule has 2 aromatic heterocycles. The van der Waals surface area contributed by atoms with E-state index in [0.29, 0.717) is 22.9 Å². The number of nitrogens with one attached hydrogen (secondary N) is 2. The smallest absolute Gasteiger partial charge is 0.248 e. The summed E-state index contributed by atoms with van der Waals surface area (Å²) in [5.74, 6) is -0.00606. The molecule has 2 heterocycles. The molecule has 2 aromatic carbocycles. The Hall–Kier alpha value is -4.00. The van der Waals surface area contributed by atoms with Gasteiger partial charge >= 0.3 is 0 Å². The number of nitrogens with zero attached hydrogens (tertiary/aromatic N) is 2. The molecule has 4 N–H and O–H groups in total. The second kappa shape index (κ2) is 7.32. The summed E-state index contributed by atoms with van der Waals surface area (Å²) < 4.78 is 12.9. The third kappa shape index (κ3) is 3.88. The SMILES string of the molecule is Nc1ccc2nc(-c3ccc(NC(=O)/C=C/c4ccc(F)cc4)cn3)[nH]c2c1. The van der Waals surface area contributed by atoms with Crippen molar-refractivity contribution in [3.05, 3.63) is 78.3 Å². The lowest BCUT2D eigenvalue weighted by molar-refractivity contribution is -0.111. The zero-order valence-corrected chi connectivity index (χ0v) is 14.7. The van der Waals surface area contributed by atoms with Crippen LogP contribution in [0.3, 0.4) is 0 Å². The molecule has 0 bridgehead atoms. The maximum absolute atomic E-state index is 12.9. The summed E-state index contributed by atoms with van der Waals surface area (Å²) in [4.78, 5) is 24.0. The van der Waals surface area contributed by atoms with E-state index >= 15 is 0 Å². The van der Waals surface area contributed by atoms with E-state index in [-0.39, 0.29) is 11.7 Å². The first-order chi connectivity index (χ1) is 13.6. The van der Waals surface area contributed by atoms with Crippen LogP contribution in [0.15, 0.2) is 66.9 Å². The Labute approximate surface area is 159 Å². The van der Waals surface area contributed by atoms with Crippen LogP contribution in [0.4, 0.5) is 15.8 Å². The number of aromatic amines is 1. The highest BCUT2D eigenvalue weighted by molar-refractivity contribution is 6.01. The van der Waals surface area contributed by atoms with Crippen molar-refractivity contribution in [2.24, 2.45) is 0 Å². The first-order valence-corrected chi connectivity index (χ1v) is 8.53. The van der Waals surface area contributed by atoms with Crippen LogP contribution in [-0.2, 0) is 4.79 Å². The van der Waals surface area contributed by atoms with Gasteiger partial charge in [0, 0.05) is 11.8 Å². The topological polar surface area (TPSA) is 96.7 Å². The van der Waals surface area contributed by atoms with Crippen molar-refractivity contribution in [3.63, 3.8) is 0 Å². The minimum absolute atomic E-state index is 0.307. The van der Waals surface area contributed by atoms with Gasteiger partial charge in [-0.25, -0.2) is 9.37 Å². The number of benzene rings is 2. The van der Waals surface area contributed by atoms with E-state index in [0.717, 1.165) is 16.6 Å². The van der Waals surface area contributed by atoms with Crippen molar-refractivity contribution >= 4 is 34.4 Å². The minimum atomic E-state index is -0.319. The fourth-order valence-corrected chi connectivity index (χ4v) is 2.69. The summed E-state index contributed by atoms with van der Waals surface area (Å²) in [6.45, 7) is 0. The van der Waals surface area contributed by atoms with Gasteiger partial charge in [0.2, 0.25) is 5.91 Å². The van der Waals surface area contributed by atoms with Crippen LogP contribution >= 0.6 is 0 Å². The summed E-state index contributed by atoms with van der Waals surface area (Å²) in [6.07, 6.45) is 4.54. The van der Waals surface area contributed by atoms with Gasteiger partial charge < -0.3 is 16.0 Å². The number of fused-ring (bicyclic) bond motifs is 1. The lowest BCUT2D eigenvalue weighted by Gasteiger charge is -2.02. The fourth-order valence-electron chi connectivity index (χ4n) is 2.69. The molecule has 0 radical (unpaired) electrons. The number of carbonyl (C=O) groups is 1. The number of halogens is 1. The van der Waals surface area contributed by atoms with Gasteiger partial charge in [0.05, 0.1) is 22.9 Å². The Kier molecular flexibility index (Phi) is 4.55. The second-order valence-corrected chi connectivity index (χ2v) is 6.17. The van der Waals surface area contributed by atoms with E-state index in [9.17, 15) is 9.18 Å². The van der Waals surface area contributed by atoms with E-state index in [4.69, 9.17) is 5.73 Å². The number of amides is 1. The Balaban J connectivity index is 1.45. The highest BCUT2D eigenvalue weighted by Gasteiger charge is 2.07. The van der Waals surface area contributed by atoms with Gasteiger partial charge in [-0.15, -0.1) is 0 Å². The average Bonchev–Trinajstić information content (AvgIpc) is 3.11. The molecule has 4 aromatic rings. The predicted octanol–water partition coefficient (Wildman–Crippen LogP) is 4.00. The number of nitrogen functional groups attached to an aromatic ring is 1. The average molecular weight is 373 g/mol. The third-order valence-electron chi connectivity index (χ3n) is 4.08. The first kappa shape index (κ1) is 17.4. The Bertz CT molecular complexity index is 1160. The summed E-state index contributed by atoms with van der Waals surface area (Å²) >= 11 is 0. The molecule has 0 atom stereocenters. The van der Waals surface area contributed by atoms with Crippen molar-refractivity contribution in [1.82, 2.24) is 15.0 Å². The molecule has 0 unspecified atom stereocenters. The maximum Gasteiger partial charge on any atom is 0.248 e. The van der Waals surface area contributed by atoms with Gasteiger partial charge in [-0.05, 0) is 54.1 Å². The van der Waals surface area contributed by atoms with E-state index in [1.165, 1.54) is 18.2 Å². The summed E-state index contributed by atoms with van der Waals surface area (Å²) in [6, 6.07) is 14.8. The van der Waals surface area contributed by atoms with Crippen molar-refractivity contribution in [1.29, 1.82) is 0 Å². The van der Waals surface area contributed by atoms with Crippen LogP contribution in [0.1, 0.15) is 5.56 Å². The Morgan fingerprint density at radius 2 is 1.93 bits per heavy atom. The quantitative estimate of drug-likeness (QED) is 0.372. The number of carbonyl (C=O) groups excluding carboxylic acids is 1. The number of nitrogens with two attached hydrogens (primary N) is 1. The van der Waals surface area contributed by atoms with Crippen LogP contribution < -0.4 is 11.1 Å². The molecule has 0 aliphatic rings. The van der Waals surface area contributed by atoms with Crippen LogP contribution in [0, 0.1) is 5.82 Å². The molecule has 0 saturated carbocycles. The molecular formula is C21H16FN5O. The lowest BCUT2D eigenvalue weighted by atomic mass is 10.2. The number of pyridine rings is 1.